The number of aromatic nitrogens is 1. The van der Waals surface area contributed by atoms with Crippen LogP contribution in [0.4, 0.5) is 0 Å². The van der Waals surface area contributed by atoms with Crippen LogP contribution in [-0.4, -0.2) is 22.1 Å². The maximum absolute atomic E-state index is 10.6. The predicted molar refractivity (Wildman–Crippen MR) is 55.8 cm³/mol. The van der Waals surface area contributed by atoms with E-state index in [1.165, 1.54) is 17.5 Å². The molecule has 0 bridgehead atoms. The Bertz CT molecular complexity index is 327. The predicted octanol–water partition coefficient (Wildman–Crippen LogP) is 1.70. The molecule has 0 saturated heterocycles. The van der Waals surface area contributed by atoms with Crippen LogP contribution in [0.2, 0.25) is 4.34 Å². The third-order valence-electron chi connectivity index (χ3n) is 1.84. The number of aliphatic carboxylic acids is 1. The lowest BCUT2D eigenvalue weighted by Crippen LogP contribution is -2.26. The van der Waals surface area contributed by atoms with Crippen LogP contribution in [-0.2, 0) is 4.79 Å². The maximum Gasteiger partial charge on any atom is 0.304 e. The average molecular weight is 235 g/mol. The van der Waals surface area contributed by atoms with Gasteiger partial charge in [-0.15, -0.1) is 11.3 Å². The topological polar surface area (TPSA) is 76.2 Å². The van der Waals surface area contributed by atoms with E-state index in [2.05, 4.69) is 4.98 Å². The molecule has 0 fully saturated rings. The standard InChI is InChI=1S/C8H11ClN2O2S/c1-4(10)5(2-7(12)13)8-11-3-6(9)14-8/h3-5H,2,10H2,1H3,(H,12,13). The molecule has 1 heterocycles. The van der Waals surface area contributed by atoms with Gasteiger partial charge in [0.2, 0.25) is 0 Å². The van der Waals surface area contributed by atoms with Gasteiger partial charge in [-0.1, -0.05) is 11.6 Å². The molecular formula is C8H11ClN2O2S. The highest BCUT2D eigenvalue weighted by Gasteiger charge is 2.22. The van der Waals surface area contributed by atoms with E-state index in [4.69, 9.17) is 22.4 Å². The number of rotatable bonds is 4. The summed E-state index contributed by atoms with van der Waals surface area (Å²) in [6, 6.07) is -0.242. The Hall–Kier alpha value is -0.650. The number of nitrogens with zero attached hydrogens (tertiary/aromatic N) is 1. The van der Waals surface area contributed by atoms with Gasteiger partial charge in [0.05, 0.1) is 17.6 Å². The van der Waals surface area contributed by atoms with Gasteiger partial charge in [-0.3, -0.25) is 4.79 Å². The lowest BCUT2D eigenvalue weighted by Gasteiger charge is -2.15. The van der Waals surface area contributed by atoms with Gasteiger partial charge in [-0.2, -0.15) is 0 Å². The number of halogens is 1. The minimum Gasteiger partial charge on any atom is -0.481 e. The fourth-order valence-electron chi connectivity index (χ4n) is 1.12. The zero-order valence-corrected chi connectivity index (χ0v) is 9.18. The summed E-state index contributed by atoms with van der Waals surface area (Å²) in [5.41, 5.74) is 5.69. The summed E-state index contributed by atoms with van der Waals surface area (Å²) in [6.45, 7) is 1.77. The number of nitrogens with two attached hydrogens (primary N) is 1. The van der Waals surface area contributed by atoms with Crippen LogP contribution in [0.25, 0.3) is 0 Å². The number of carboxylic acid groups (broad SMARTS) is 1. The number of carboxylic acids is 1. The highest BCUT2D eigenvalue weighted by molar-refractivity contribution is 7.15. The molecule has 0 amide bonds. The lowest BCUT2D eigenvalue weighted by molar-refractivity contribution is -0.137. The van der Waals surface area contributed by atoms with Crippen molar-refractivity contribution in [1.29, 1.82) is 0 Å². The van der Waals surface area contributed by atoms with E-state index in [9.17, 15) is 4.79 Å². The summed E-state index contributed by atoms with van der Waals surface area (Å²) in [5, 5.41) is 9.38. The molecule has 6 heteroatoms. The quantitative estimate of drug-likeness (QED) is 0.832. The molecule has 0 aliphatic heterocycles. The smallest absolute Gasteiger partial charge is 0.304 e. The summed E-state index contributed by atoms with van der Waals surface area (Å²) >= 11 is 6.99. The van der Waals surface area contributed by atoms with Gasteiger partial charge < -0.3 is 10.8 Å². The van der Waals surface area contributed by atoms with Gasteiger partial charge in [-0.05, 0) is 6.92 Å². The van der Waals surface area contributed by atoms with E-state index in [0.717, 1.165) is 0 Å². The molecule has 1 aromatic rings. The number of hydrogen-bond donors (Lipinski definition) is 2. The Labute approximate surface area is 90.7 Å². The summed E-state index contributed by atoms with van der Waals surface area (Å²) in [4.78, 5) is 14.6. The average Bonchev–Trinajstić information content (AvgIpc) is 2.46. The second-order valence-corrected chi connectivity index (χ2v) is 4.76. The zero-order chi connectivity index (χ0) is 10.7. The van der Waals surface area contributed by atoms with Crippen molar-refractivity contribution in [2.24, 2.45) is 5.73 Å². The number of carbonyl (C=O) groups is 1. The summed E-state index contributed by atoms with van der Waals surface area (Å²) in [6.07, 6.45) is 1.50. The van der Waals surface area contributed by atoms with E-state index in [1.807, 2.05) is 0 Å². The van der Waals surface area contributed by atoms with Gasteiger partial charge in [0.15, 0.2) is 0 Å². The lowest BCUT2D eigenvalue weighted by atomic mass is 9.99. The van der Waals surface area contributed by atoms with Crippen molar-refractivity contribution in [1.82, 2.24) is 4.98 Å². The van der Waals surface area contributed by atoms with Crippen LogP contribution in [0.1, 0.15) is 24.3 Å². The Kier molecular flexibility index (Phi) is 3.86. The molecule has 0 saturated carbocycles. The van der Waals surface area contributed by atoms with Crippen LogP contribution < -0.4 is 5.73 Å². The molecule has 14 heavy (non-hydrogen) atoms. The molecule has 0 spiro atoms. The van der Waals surface area contributed by atoms with E-state index in [0.29, 0.717) is 9.34 Å². The first-order valence-corrected chi connectivity index (χ1v) is 5.28. The third kappa shape index (κ3) is 2.94. The molecule has 0 aromatic carbocycles. The largest absolute Gasteiger partial charge is 0.481 e. The summed E-state index contributed by atoms with van der Waals surface area (Å²) in [5.74, 6) is -1.14. The van der Waals surface area contributed by atoms with Crippen molar-refractivity contribution in [2.75, 3.05) is 0 Å². The first kappa shape index (κ1) is 11.4. The molecule has 2 atom stereocenters. The zero-order valence-electron chi connectivity index (χ0n) is 7.61. The van der Waals surface area contributed by atoms with Crippen molar-refractivity contribution in [3.8, 4) is 0 Å². The fraction of sp³-hybridized carbons (Fsp3) is 0.500. The molecule has 0 aliphatic rings. The highest BCUT2D eigenvalue weighted by atomic mass is 35.5. The van der Waals surface area contributed by atoms with Crippen LogP contribution in [0, 0.1) is 0 Å². The maximum atomic E-state index is 10.6. The van der Waals surface area contributed by atoms with Gasteiger partial charge in [0, 0.05) is 12.0 Å². The molecule has 3 N–H and O–H groups in total. The highest BCUT2D eigenvalue weighted by Crippen LogP contribution is 2.29. The van der Waals surface area contributed by atoms with Crippen LogP contribution in [0.15, 0.2) is 6.20 Å². The van der Waals surface area contributed by atoms with Crippen molar-refractivity contribution in [3.63, 3.8) is 0 Å². The van der Waals surface area contributed by atoms with E-state index in [1.54, 1.807) is 6.92 Å². The van der Waals surface area contributed by atoms with Gasteiger partial charge in [0.1, 0.15) is 4.34 Å². The van der Waals surface area contributed by atoms with Crippen molar-refractivity contribution in [2.45, 2.75) is 25.3 Å². The second-order valence-electron chi connectivity index (χ2n) is 3.07. The van der Waals surface area contributed by atoms with Gasteiger partial charge in [-0.25, -0.2) is 4.98 Å². The van der Waals surface area contributed by atoms with E-state index < -0.39 is 5.97 Å². The van der Waals surface area contributed by atoms with Crippen molar-refractivity contribution in [3.05, 3.63) is 15.5 Å². The van der Waals surface area contributed by atoms with E-state index in [-0.39, 0.29) is 18.4 Å². The van der Waals surface area contributed by atoms with Crippen molar-refractivity contribution >= 4 is 28.9 Å². The summed E-state index contributed by atoms with van der Waals surface area (Å²) in [7, 11) is 0. The molecule has 4 nitrogen and oxygen atoms in total. The minimum atomic E-state index is -0.876. The Morgan fingerprint density at radius 1 is 1.86 bits per heavy atom. The molecule has 78 valence electrons. The van der Waals surface area contributed by atoms with Crippen LogP contribution in [0.3, 0.4) is 0 Å². The Morgan fingerprint density at radius 3 is 2.86 bits per heavy atom. The second kappa shape index (κ2) is 4.72. The van der Waals surface area contributed by atoms with E-state index >= 15 is 0 Å². The number of thiazole rings is 1. The summed E-state index contributed by atoms with van der Waals surface area (Å²) < 4.78 is 0.552. The molecular weight excluding hydrogens is 224 g/mol. The Balaban J connectivity index is 2.82. The minimum absolute atomic E-state index is 0.0124. The Morgan fingerprint density at radius 2 is 2.50 bits per heavy atom. The first-order chi connectivity index (χ1) is 6.50. The number of hydrogen-bond acceptors (Lipinski definition) is 4. The van der Waals surface area contributed by atoms with Crippen molar-refractivity contribution < 1.29 is 9.90 Å². The van der Waals surface area contributed by atoms with Crippen LogP contribution in [0.5, 0.6) is 0 Å². The molecule has 1 aromatic heterocycles. The first-order valence-electron chi connectivity index (χ1n) is 4.09. The van der Waals surface area contributed by atoms with Gasteiger partial charge in [0.25, 0.3) is 0 Å². The van der Waals surface area contributed by atoms with Gasteiger partial charge >= 0.3 is 5.97 Å². The van der Waals surface area contributed by atoms with Crippen LogP contribution >= 0.6 is 22.9 Å². The SMILES string of the molecule is CC(N)C(CC(=O)O)c1ncc(Cl)s1. The molecule has 0 radical (unpaired) electrons. The monoisotopic (exact) mass is 234 g/mol. The fourth-order valence-corrected chi connectivity index (χ4v) is 2.27. The normalized spacial score (nSPS) is 15.1. The third-order valence-corrected chi connectivity index (χ3v) is 3.09. The molecule has 0 aliphatic carbocycles. The molecule has 2 unspecified atom stereocenters. The molecule has 1 rings (SSSR count).